The summed E-state index contributed by atoms with van der Waals surface area (Å²) in [7, 11) is 0. The second kappa shape index (κ2) is 13.3. The molecule has 0 unspecified atom stereocenters. The van der Waals surface area contributed by atoms with Crippen LogP contribution in [0.4, 0.5) is 5.82 Å². The lowest BCUT2D eigenvalue weighted by molar-refractivity contribution is -0.124. The number of nitrogens with one attached hydrogen (secondary N) is 3. The summed E-state index contributed by atoms with van der Waals surface area (Å²) in [6, 6.07) is 4.06. The van der Waals surface area contributed by atoms with E-state index in [-0.39, 0.29) is 42.8 Å². The summed E-state index contributed by atoms with van der Waals surface area (Å²) in [5.41, 5.74) is 3.15. The van der Waals surface area contributed by atoms with Gasteiger partial charge >= 0.3 is 0 Å². The Morgan fingerprint density at radius 1 is 1.21 bits per heavy atom. The van der Waals surface area contributed by atoms with Crippen LogP contribution < -0.4 is 16.1 Å². The van der Waals surface area contributed by atoms with Crippen LogP contribution in [-0.4, -0.2) is 44.7 Å². The van der Waals surface area contributed by atoms with Gasteiger partial charge in [-0.3, -0.25) is 20.0 Å². The van der Waals surface area contributed by atoms with Crippen LogP contribution >= 0.6 is 37.2 Å². The van der Waals surface area contributed by atoms with Crippen LogP contribution in [0, 0.1) is 0 Å². The molecule has 160 valence electrons. The van der Waals surface area contributed by atoms with Gasteiger partial charge in [-0.05, 0) is 49.6 Å². The molecule has 0 saturated carbocycles. The van der Waals surface area contributed by atoms with Crippen molar-refractivity contribution in [1.29, 1.82) is 0 Å². The van der Waals surface area contributed by atoms with Crippen molar-refractivity contribution in [2.75, 3.05) is 18.4 Å². The number of aromatic nitrogens is 3. The highest BCUT2D eigenvalue weighted by Gasteiger charge is 2.32. The number of hydrogen-bond acceptors (Lipinski definition) is 7. The number of anilines is 1. The van der Waals surface area contributed by atoms with E-state index in [0.29, 0.717) is 11.5 Å². The molecule has 1 saturated heterocycles. The molecule has 1 fully saturated rings. The lowest BCUT2D eigenvalue weighted by Crippen LogP contribution is -2.53. The van der Waals surface area contributed by atoms with Gasteiger partial charge in [-0.2, -0.15) is 0 Å². The molecular formula is C18H25Cl3N6O2. The SMILES string of the molecule is Cl.Cl.Cl.O=C(/C=C/c1cnc(N[C@@]2(Cc3ccncc3)CCCNC2)cn1)NO. The average Bonchev–Trinajstić information content (AvgIpc) is 2.68. The molecule has 0 spiro atoms. The molecular weight excluding hydrogens is 439 g/mol. The molecule has 3 rings (SSSR count). The Balaban J connectivity index is 0.00000261. The van der Waals surface area contributed by atoms with Crippen molar-refractivity contribution in [1.82, 2.24) is 25.7 Å². The van der Waals surface area contributed by atoms with Crippen molar-refractivity contribution in [3.8, 4) is 0 Å². The molecule has 2 aromatic rings. The van der Waals surface area contributed by atoms with Gasteiger partial charge in [0, 0.05) is 25.0 Å². The molecule has 1 amide bonds. The van der Waals surface area contributed by atoms with E-state index in [1.807, 2.05) is 24.5 Å². The summed E-state index contributed by atoms with van der Waals surface area (Å²) in [6.07, 6.45) is 12.5. The second-order valence-corrected chi connectivity index (χ2v) is 6.35. The molecule has 1 aliphatic heterocycles. The molecule has 2 aromatic heterocycles. The summed E-state index contributed by atoms with van der Waals surface area (Å²) in [6.45, 7) is 1.86. The third kappa shape index (κ3) is 8.12. The van der Waals surface area contributed by atoms with Gasteiger partial charge in [-0.25, -0.2) is 10.5 Å². The fourth-order valence-electron chi connectivity index (χ4n) is 3.12. The number of rotatable bonds is 6. The smallest absolute Gasteiger partial charge is 0.267 e. The number of hydrogen-bond donors (Lipinski definition) is 4. The fraction of sp³-hybridized carbons (Fsp3) is 0.333. The maximum Gasteiger partial charge on any atom is 0.267 e. The highest BCUT2D eigenvalue weighted by atomic mass is 35.5. The van der Waals surface area contributed by atoms with E-state index in [1.54, 1.807) is 12.4 Å². The summed E-state index contributed by atoms with van der Waals surface area (Å²) in [5, 5.41) is 15.5. The largest absolute Gasteiger partial charge is 0.362 e. The Kier molecular flexibility index (Phi) is 12.4. The highest BCUT2D eigenvalue weighted by molar-refractivity contribution is 5.90. The summed E-state index contributed by atoms with van der Waals surface area (Å²) >= 11 is 0. The van der Waals surface area contributed by atoms with Crippen LogP contribution in [0.3, 0.4) is 0 Å². The number of piperidine rings is 1. The van der Waals surface area contributed by atoms with Crippen LogP contribution in [-0.2, 0) is 11.2 Å². The molecule has 0 aliphatic carbocycles. The molecule has 11 heteroatoms. The van der Waals surface area contributed by atoms with Crippen LogP contribution in [0.15, 0.2) is 43.0 Å². The molecule has 8 nitrogen and oxygen atoms in total. The molecule has 4 N–H and O–H groups in total. The van der Waals surface area contributed by atoms with Gasteiger partial charge in [-0.1, -0.05) is 0 Å². The first-order valence-electron chi connectivity index (χ1n) is 8.51. The summed E-state index contributed by atoms with van der Waals surface area (Å²) in [4.78, 5) is 23.8. The van der Waals surface area contributed by atoms with Gasteiger partial charge in [0.2, 0.25) is 0 Å². The van der Waals surface area contributed by atoms with E-state index in [0.717, 1.165) is 32.4 Å². The van der Waals surface area contributed by atoms with Gasteiger partial charge in [0.05, 0.1) is 23.6 Å². The first kappa shape index (κ1) is 27.0. The molecule has 0 bridgehead atoms. The molecule has 1 aliphatic rings. The van der Waals surface area contributed by atoms with Crippen LogP contribution in [0.1, 0.15) is 24.1 Å². The van der Waals surface area contributed by atoms with E-state index >= 15 is 0 Å². The number of carbonyl (C=O) groups excluding carboxylic acids is 1. The Labute approximate surface area is 188 Å². The number of nitrogens with zero attached hydrogens (tertiary/aromatic N) is 3. The van der Waals surface area contributed by atoms with Crippen molar-refractivity contribution in [2.24, 2.45) is 0 Å². The maximum absolute atomic E-state index is 11.0. The quantitative estimate of drug-likeness (QED) is 0.296. The number of pyridine rings is 1. The summed E-state index contributed by atoms with van der Waals surface area (Å²) < 4.78 is 0. The standard InChI is InChI=1S/C18H22N6O2.3ClH/c25-17(24-26)3-2-15-11-22-16(12-21-15)23-18(6-1-7-20-13-18)10-14-4-8-19-9-5-14;;;/h2-5,8-9,11-12,20,26H,1,6-7,10,13H2,(H,22,23)(H,24,25);3*1H/b3-2+;;;/t18-;;;/m1.../s1. The van der Waals surface area contributed by atoms with Crippen molar-refractivity contribution in [3.05, 3.63) is 54.3 Å². The van der Waals surface area contributed by atoms with Crippen molar-refractivity contribution in [2.45, 2.75) is 24.8 Å². The molecule has 0 radical (unpaired) electrons. The normalized spacial score (nSPS) is 18.0. The Morgan fingerprint density at radius 2 is 1.97 bits per heavy atom. The second-order valence-electron chi connectivity index (χ2n) is 6.35. The minimum atomic E-state index is -0.612. The zero-order valence-electron chi connectivity index (χ0n) is 15.6. The van der Waals surface area contributed by atoms with Crippen LogP contribution in [0.5, 0.6) is 0 Å². The molecule has 0 aromatic carbocycles. The van der Waals surface area contributed by atoms with Gasteiger partial charge in [0.25, 0.3) is 5.91 Å². The van der Waals surface area contributed by atoms with Gasteiger partial charge in [-0.15, -0.1) is 37.2 Å². The number of halogens is 3. The van der Waals surface area contributed by atoms with E-state index in [1.165, 1.54) is 23.2 Å². The fourth-order valence-corrected chi connectivity index (χ4v) is 3.12. The maximum atomic E-state index is 11.0. The third-order valence-electron chi connectivity index (χ3n) is 4.34. The topological polar surface area (TPSA) is 112 Å². The molecule has 29 heavy (non-hydrogen) atoms. The molecule has 1 atom stereocenters. The van der Waals surface area contributed by atoms with Gasteiger partial charge in [0.15, 0.2) is 0 Å². The first-order valence-corrected chi connectivity index (χ1v) is 8.51. The predicted molar refractivity (Wildman–Crippen MR) is 119 cm³/mol. The number of carbonyl (C=O) groups is 1. The van der Waals surface area contributed by atoms with Crippen LogP contribution in [0.2, 0.25) is 0 Å². The minimum absolute atomic E-state index is 0. The lowest BCUT2D eigenvalue weighted by atomic mass is 9.84. The van der Waals surface area contributed by atoms with E-state index in [2.05, 4.69) is 25.6 Å². The van der Waals surface area contributed by atoms with Crippen molar-refractivity contribution < 1.29 is 10.0 Å². The first-order chi connectivity index (χ1) is 12.7. The number of hydroxylamine groups is 1. The van der Waals surface area contributed by atoms with Crippen LogP contribution in [0.25, 0.3) is 6.08 Å². The summed E-state index contributed by atoms with van der Waals surface area (Å²) in [5.74, 6) is 0.0742. The Hall–Kier alpha value is -1.97. The van der Waals surface area contributed by atoms with E-state index < -0.39 is 5.91 Å². The Morgan fingerprint density at radius 3 is 2.55 bits per heavy atom. The zero-order chi connectivity index (χ0) is 18.2. The Bertz CT molecular complexity index is 756. The highest BCUT2D eigenvalue weighted by Crippen LogP contribution is 2.25. The van der Waals surface area contributed by atoms with Crippen molar-refractivity contribution >= 4 is 55.0 Å². The van der Waals surface area contributed by atoms with E-state index in [9.17, 15) is 4.79 Å². The monoisotopic (exact) mass is 462 g/mol. The minimum Gasteiger partial charge on any atom is -0.362 e. The van der Waals surface area contributed by atoms with Gasteiger partial charge in [0.1, 0.15) is 5.82 Å². The number of amides is 1. The van der Waals surface area contributed by atoms with Crippen molar-refractivity contribution in [3.63, 3.8) is 0 Å². The predicted octanol–water partition coefficient (Wildman–Crippen LogP) is 2.43. The zero-order valence-corrected chi connectivity index (χ0v) is 18.0. The van der Waals surface area contributed by atoms with Gasteiger partial charge < -0.3 is 10.6 Å². The average molecular weight is 464 g/mol. The lowest BCUT2D eigenvalue weighted by Gasteiger charge is -2.39. The van der Waals surface area contributed by atoms with E-state index in [4.69, 9.17) is 5.21 Å². The molecule has 3 heterocycles. The third-order valence-corrected chi connectivity index (χ3v) is 4.34.